The number of benzene rings is 3. The van der Waals surface area contributed by atoms with Crippen molar-refractivity contribution in [3.63, 3.8) is 0 Å². The first kappa shape index (κ1) is 22.1. The first-order valence-corrected chi connectivity index (χ1v) is 10.6. The van der Waals surface area contributed by atoms with Crippen molar-refractivity contribution in [2.24, 2.45) is 10.2 Å². The topological polar surface area (TPSA) is 76.2 Å². The van der Waals surface area contributed by atoms with Crippen molar-refractivity contribution in [1.29, 1.82) is 0 Å². The lowest BCUT2D eigenvalue weighted by molar-refractivity contribution is -0.120. The monoisotopic (exact) mass is 487 g/mol. The molecule has 0 aliphatic carbocycles. The number of fused-ring (bicyclic) bond motifs is 1. The van der Waals surface area contributed by atoms with Gasteiger partial charge in [0, 0.05) is 21.5 Å². The second-order valence-corrected chi connectivity index (χ2v) is 8.07. The van der Waals surface area contributed by atoms with Crippen LogP contribution in [0.2, 0.25) is 15.1 Å². The van der Waals surface area contributed by atoms with Gasteiger partial charge in [-0.1, -0.05) is 71.2 Å². The van der Waals surface area contributed by atoms with Gasteiger partial charge < -0.3 is 14.4 Å². The van der Waals surface area contributed by atoms with Crippen molar-refractivity contribution in [3.8, 4) is 11.6 Å². The summed E-state index contributed by atoms with van der Waals surface area (Å²) in [6.07, 6.45) is 0. The highest BCUT2D eigenvalue weighted by atomic mass is 35.5. The van der Waals surface area contributed by atoms with Gasteiger partial charge in [0.1, 0.15) is 5.75 Å². The molecular weight excluding hydrogens is 473 g/mol. The van der Waals surface area contributed by atoms with Crippen LogP contribution in [0.5, 0.6) is 11.6 Å². The number of carbonyl (C=O) groups excluding carboxylic acids is 1. The number of para-hydroxylation sites is 1. The molecule has 9 heteroatoms. The van der Waals surface area contributed by atoms with E-state index in [2.05, 4.69) is 10.2 Å². The molecule has 1 heterocycles. The van der Waals surface area contributed by atoms with Crippen LogP contribution in [-0.4, -0.2) is 22.2 Å². The number of hydrogen-bond donors (Lipinski definition) is 1. The van der Waals surface area contributed by atoms with Crippen LogP contribution in [0.25, 0.3) is 10.9 Å². The van der Waals surface area contributed by atoms with E-state index >= 15 is 0 Å². The zero-order chi connectivity index (χ0) is 22.7. The molecule has 0 saturated carbocycles. The summed E-state index contributed by atoms with van der Waals surface area (Å²) in [4.78, 5) is 12.2. The van der Waals surface area contributed by atoms with E-state index in [9.17, 15) is 9.90 Å². The van der Waals surface area contributed by atoms with Crippen LogP contribution in [0, 0.1) is 0 Å². The van der Waals surface area contributed by atoms with Gasteiger partial charge in [0.15, 0.2) is 12.3 Å². The van der Waals surface area contributed by atoms with Crippen molar-refractivity contribution in [3.05, 3.63) is 87.4 Å². The zero-order valence-corrected chi connectivity index (χ0v) is 18.8. The van der Waals surface area contributed by atoms with Gasteiger partial charge >= 0.3 is 5.91 Å². The first-order chi connectivity index (χ1) is 15.4. The third kappa shape index (κ3) is 4.72. The lowest BCUT2D eigenvalue weighted by Gasteiger charge is -2.08. The fourth-order valence-electron chi connectivity index (χ4n) is 3.19. The minimum atomic E-state index is -0.650. The fourth-order valence-corrected chi connectivity index (χ4v) is 3.72. The summed E-state index contributed by atoms with van der Waals surface area (Å²) in [6.45, 7) is -0.0611. The number of rotatable bonds is 6. The predicted molar refractivity (Wildman–Crippen MR) is 126 cm³/mol. The summed E-state index contributed by atoms with van der Waals surface area (Å²) in [5.41, 5.74) is 1.74. The van der Waals surface area contributed by atoms with Gasteiger partial charge in [0.05, 0.1) is 17.1 Å². The maximum Gasteiger partial charge on any atom is 0.302 e. The number of aromatic nitrogens is 1. The van der Waals surface area contributed by atoms with Crippen molar-refractivity contribution in [1.82, 2.24) is 4.57 Å². The smallest absolute Gasteiger partial charge is 0.302 e. The van der Waals surface area contributed by atoms with Crippen LogP contribution in [0.15, 0.2) is 77.0 Å². The van der Waals surface area contributed by atoms with Gasteiger partial charge in [-0.3, -0.25) is 4.79 Å². The van der Waals surface area contributed by atoms with E-state index in [1.165, 1.54) is 6.07 Å². The molecule has 0 fully saturated rings. The summed E-state index contributed by atoms with van der Waals surface area (Å²) < 4.78 is 7.05. The highest BCUT2D eigenvalue weighted by molar-refractivity contribution is 6.34. The Balaban J connectivity index is 1.58. The Morgan fingerprint density at radius 2 is 1.72 bits per heavy atom. The van der Waals surface area contributed by atoms with Crippen LogP contribution in [0.4, 0.5) is 5.69 Å². The number of halogens is 3. The molecule has 0 bridgehead atoms. The van der Waals surface area contributed by atoms with Gasteiger partial charge in [0.25, 0.3) is 0 Å². The van der Waals surface area contributed by atoms with E-state index in [0.717, 1.165) is 11.1 Å². The fraction of sp³-hybridized carbons (Fsp3) is 0.0870. The number of azo groups is 1. The third-order valence-electron chi connectivity index (χ3n) is 4.71. The third-order valence-corrected chi connectivity index (χ3v) is 5.63. The number of carbonyl (C=O) groups is 1. The Hall–Kier alpha value is -3.06. The van der Waals surface area contributed by atoms with Crippen molar-refractivity contribution < 1.29 is 14.6 Å². The molecule has 3 aromatic carbocycles. The molecule has 0 saturated heterocycles. The average molecular weight is 489 g/mol. The van der Waals surface area contributed by atoms with E-state index in [1.54, 1.807) is 28.8 Å². The van der Waals surface area contributed by atoms with Gasteiger partial charge in [-0.2, -0.15) is 0 Å². The van der Waals surface area contributed by atoms with Crippen LogP contribution in [0.1, 0.15) is 5.56 Å². The van der Waals surface area contributed by atoms with Crippen molar-refractivity contribution in [2.45, 2.75) is 6.54 Å². The molecule has 0 spiro atoms. The summed E-state index contributed by atoms with van der Waals surface area (Å²) in [5.74, 6) is -0.508. The average Bonchev–Trinajstić information content (AvgIpc) is 3.05. The van der Waals surface area contributed by atoms with E-state index in [0.29, 0.717) is 27.0 Å². The Morgan fingerprint density at radius 1 is 0.969 bits per heavy atom. The number of ether oxygens (including phenoxy) is 1. The van der Waals surface area contributed by atoms with E-state index in [4.69, 9.17) is 39.5 Å². The highest BCUT2D eigenvalue weighted by Crippen LogP contribution is 2.39. The molecule has 32 heavy (non-hydrogen) atoms. The Morgan fingerprint density at radius 3 is 2.53 bits per heavy atom. The Kier molecular flexibility index (Phi) is 6.65. The maximum atomic E-state index is 12.2. The zero-order valence-electron chi connectivity index (χ0n) is 16.5. The molecule has 0 aliphatic rings. The minimum absolute atomic E-state index is 0.124. The summed E-state index contributed by atoms with van der Waals surface area (Å²) >= 11 is 18.2. The maximum absolute atomic E-state index is 12.2. The molecule has 0 unspecified atom stereocenters. The standard InChI is InChI=1S/C23H16Cl3N3O3/c24-15-9-10-18(26)20(11-15)32-13-21(30)27-28-22-16-6-2-4-8-19(16)29(23(22)31)12-14-5-1-3-7-17(14)25/h1-11,31H,12-13H2. The van der Waals surface area contributed by atoms with E-state index < -0.39 is 5.91 Å². The molecule has 6 nitrogen and oxygen atoms in total. The molecule has 1 N–H and O–H groups in total. The summed E-state index contributed by atoms with van der Waals surface area (Å²) in [7, 11) is 0. The van der Waals surface area contributed by atoms with Crippen LogP contribution in [-0.2, 0) is 11.3 Å². The SMILES string of the molecule is O=C(COc1cc(Cl)ccc1Cl)N=Nc1c(O)n(Cc2ccccc2Cl)c2ccccc12. The summed E-state index contributed by atoms with van der Waals surface area (Å²) in [5, 5.41) is 20.5. The van der Waals surface area contributed by atoms with E-state index in [1.807, 2.05) is 36.4 Å². The lowest BCUT2D eigenvalue weighted by atomic mass is 10.2. The van der Waals surface area contributed by atoms with Crippen LogP contribution in [0.3, 0.4) is 0 Å². The predicted octanol–water partition coefficient (Wildman–Crippen LogP) is 7.04. The van der Waals surface area contributed by atoms with Crippen LogP contribution >= 0.6 is 34.8 Å². The summed E-state index contributed by atoms with van der Waals surface area (Å²) in [6, 6.07) is 19.3. The highest BCUT2D eigenvalue weighted by Gasteiger charge is 2.18. The molecule has 0 aliphatic heterocycles. The molecule has 4 aromatic rings. The number of amides is 1. The first-order valence-electron chi connectivity index (χ1n) is 9.50. The molecule has 1 aromatic heterocycles. The minimum Gasteiger partial charge on any atom is -0.493 e. The number of hydrogen-bond acceptors (Lipinski definition) is 4. The van der Waals surface area contributed by atoms with E-state index in [-0.39, 0.29) is 23.9 Å². The number of nitrogens with zero attached hydrogens (tertiary/aromatic N) is 3. The van der Waals surface area contributed by atoms with Crippen LogP contribution < -0.4 is 4.74 Å². The Labute approximate surface area is 198 Å². The molecule has 0 radical (unpaired) electrons. The number of aromatic hydroxyl groups is 1. The van der Waals surface area contributed by atoms with Gasteiger partial charge in [-0.05, 0) is 29.8 Å². The Bertz CT molecular complexity index is 1330. The lowest BCUT2D eigenvalue weighted by Crippen LogP contribution is -2.08. The second-order valence-electron chi connectivity index (χ2n) is 6.82. The van der Waals surface area contributed by atoms with Gasteiger partial charge in [0.2, 0.25) is 5.88 Å². The molecular formula is C23H16Cl3N3O3. The molecule has 0 atom stereocenters. The van der Waals surface area contributed by atoms with Gasteiger partial charge in [-0.25, -0.2) is 0 Å². The quantitative estimate of drug-likeness (QED) is 0.296. The molecule has 162 valence electrons. The molecule has 4 rings (SSSR count). The van der Waals surface area contributed by atoms with Crippen molar-refractivity contribution in [2.75, 3.05) is 6.61 Å². The normalized spacial score (nSPS) is 11.3. The molecule has 1 amide bonds. The van der Waals surface area contributed by atoms with Gasteiger partial charge in [-0.15, -0.1) is 10.2 Å². The largest absolute Gasteiger partial charge is 0.493 e. The second kappa shape index (κ2) is 9.61. The van der Waals surface area contributed by atoms with Crippen molar-refractivity contribution >= 4 is 57.3 Å².